The van der Waals surface area contributed by atoms with Crippen molar-refractivity contribution < 1.29 is 13.2 Å². The summed E-state index contributed by atoms with van der Waals surface area (Å²) in [6.07, 6.45) is 2.55. The third-order valence-electron chi connectivity index (χ3n) is 1.79. The molecule has 0 atom stereocenters. The second-order valence-electron chi connectivity index (χ2n) is 2.93. The molecule has 1 aromatic carbocycles. The van der Waals surface area contributed by atoms with Gasteiger partial charge in [-0.05, 0) is 12.1 Å². The van der Waals surface area contributed by atoms with Crippen molar-refractivity contribution in [2.75, 3.05) is 0 Å². The molecule has 17 heavy (non-hydrogen) atoms. The highest BCUT2D eigenvalue weighted by molar-refractivity contribution is 7.61. The van der Waals surface area contributed by atoms with Crippen LogP contribution in [0.25, 0.3) is 0 Å². The van der Waals surface area contributed by atoms with Crippen LogP contribution in [0.15, 0.2) is 47.2 Å². The van der Waals surface area contributed by atoms with Crippen LogP contribution in [-0.4, -0.2) is 18.4 Å². The van der Waals surface area contributed by atoms with E-state index >= 15 is 0 Å². The first-order valence-electron chi connectivity index (χ1n) is 4.60. The van der Waals surface area contributed by atoms with Gasteiger partial charge in [0.1, 0.15) is 12.1 Å². The lowest BCUT2D eigenvalue weighted by molar-refractivity contribution is 0.479. The van der Waals surface area contributed by atoms with Crippen LogP contribution >= 0.6 is 0 Å². The van der Waals surface area contributed by atoms with Crippen molar-refractivity contribution in [3.63, 3.8) is 0 Å². The van der Waals surface area contributed by atoms with Crippen LogP contribution in [0.1, 0.15) is 0 Å². The SMILES string of the molecule is O=S(=O)=Nc1ncncc1Oc1ccccc1. The summed E-state index contributed by atoms with van der Waals surface area (Å²) in [5.74, 6) is 0.704. The Bertz CT molecular complexity index is 633. The van der Waals surface area contributed by atoms with Gasteiger partial charge < -0.3 is 4.74 Å². The molecule has 0 saturated carbocycles. The molecule has 2 rings (SSSR count). The summed E-state index contributed by atoms with van der Waals surface area (Å²) in [5.41, 5.74) is 0. The molecule has 0 aliphatic heterocycles. The molecule has 86 valence electrons. The molecule has 1 aromatic heterocycles. The normalized spacial score (nSPS) is 9.65. The zero-order valence-electron chi connectivity index (χ0n) is 8.52. The molecule has 1 heterocycles. The smallest absolute Gasteiger partial charge is 0.318 e. The molecule has 0 N–H and O–H groups in total. The van der Waals surface area contributed by atoms with E-state index in [0.717, 1.165) is 0 Å². The van der Waals surface area contributed by atoms with Gasteiger partial charge in [0, 0.05) is 0 Å². The van der Waals surface area contributed by atoms with Crippen molar-refractivity contribution in [1.82, 2.24) is 9.97 Å². The number of para-hydroxylation sites is 1. The number of ether oxygens (including phenoxy) is 1. The second kappa shape index (κ2) is 5.17. The van der Waals surface area contributed by atoms with E-state index in [1.54, 1.807) is 24.3 Å². The molecule has 2 aromatic rings. The first-order chi connectivity index (χ1) is 8.25. The van der Waals surface area contributed by atoms with Crippen molar-refractivity contribution in [2.45, 2.75) is 0 Å². The van der Waals surface area contributed by atoms with Gasteiger partial charge in [-0.3, -0.25) is 0 Å². The Kier molecular flexibility index (Phi) is 3.41. The Morgan fingerprint density at radius 1 is 1.18 bits per heavy atom. The van der Waals surface area contributed by atoms with E-state index in [2.05, 4.69) is 14.3 Å². The molecule has 0 fully saturated rings. The van der Waals surface area contributed by atoms with Gasteiger partial charge in [-0.1, -0.05) is 18.2 Å². The minimum atomic E-state index is -2.58. The first kappa shape index (κ1) is 11.2. The Hall–Kier alpha value is -2.28. The molecule has 7 heteroatoms. The fraction of sp³-hybridized carbons (Fsp3) is 0. The number of nitrogens with zero attached hydrogens (tertiary/aromatic N) is 3. The van der Waals surface area contributed by atoms with Gasteiger partial charge in [0.25, 0.3) is 0 Å². The lowest BCUT2D eigenvalue weighted by Crippen LogP contribution is -1.87. The predicted octanol–water partition coefficient (Wildman–Crippen LogP) is 1.96. The maximum Gasteiger partial charge on any atom is 0.318 e. The summed E-state index contributed by atoms with van der Waals surface area (Å²) >= 11 is 0. The van der Waals surface area contributed by atoms with Gasteiger partial charge in [0.05, 0.1) is 6.20 Å². The van der Waals surface area contributed by atoms with Crippen molar-refractivity contribution in [1.29, 1.82) is 0 Å². The quantitative estimate of drug-likeness (QED) is 0.830. The van der Waals surface area contributed by atoms with E-state index in [1.165, 1.54) is 12.5 Å². The van der Waals surface area contributed by atoms with Crippen molar-refractivity contribution >= 4 is 16.3 Å². The van der Waals surface area contributed by atoms with Crippen LogP contribution in [0.5, 0.6) is 11.5 Å². The van der Waals surface area contributed by atoms with Gasteiger partial charge in [0.15, 0.2) is 5.75 Å². The number of aromatic nitrogens is 2. The summed E-state index contributed by atoms with van der Waals surface area (Å²) in [4.78, 5) is 7.47. The summed E-state index contributed by atoms with van der Waals surface area (Å²) in [6, 6.07) is 8.88. The number of hydrogen-bond acceptors (Lipinski definition) is 6. The highest BCUT2D eigenvalue weighted by Gasteiger charge is 2.05. The van der Waals surface area contributed by atoms with Crippen molar-refractivity contribution in [3.05, 3.63) is 42.9 Å². The fourth-order valence-corrected chi connectivity index (χ4v) is 1.42. The van der Waals surface area contributed by atoms with E-state index < -0.39 is 10.5 Å². The van der Waals surface area contributed by atoms with Crippen LogP contribution in [0, 0.1) is 0 Å². The molecule has 0 amide bonds. The standard InChI is InChI=1S/C10H7N3O3S/c14-17(15)13-10-9(6-11-7-12-10)16-8-4-2-1-3-5-8/h1-7H. The average Bonchev–Trinajstić information content (AvgIpc) is 2.32. The maximum absolute atomic E-state index is 10.5. The summed E-state index contributed by atoms with van der Waals surface area (Å²) in [6.45, 7) is 0. The number of hydrogen-bond donors (Lipinski definition) is 0. The molecular formula is C10H7N3O3S. The van der Waals surface area contributed by atoms with Crippen LogP contribution in [0.3, 0.4) is 0 Å². The zero-order chi connectivity index (χ0) is 12.1. The third-order valence-corrected chi connectivity index (χ3v) is 2.11. The predicted molar refractivity (Wildman–Crippen MR) is 59.6 cm³/mol. The fourth-order valence-electron chi connectivity index (χ4n) is 1.14. The Morgan fingerprint density at radius 2 is 1.94 bits per heavy atom. The monoisotopic (exact) mass is 249 g/mol. The lowest BCUT2D eigenvalue weighted by atomic mass is 10.3. The minimum Gasteiger partial charge on any atom is -0.452 e. The van der Waals surface area contributed by atoms with Crippen LogP contribution in [0.4, 0.5) is 5.82 Å². The third kappa shape index (κ3) is 3.08. The largest absolute Gasteiger partial charge is 0.452 e. The summed E-state index contributed by atoms with van der Waals surface area (Å²) in [5, 5.41) is 0. The average molecular weight is 249 g/mol. The molecule has 0 spiro atoms. The molecule has 0 saturated heterocycles. The zero-order valence-corrected chi connectivity index (χ0v) is 9.33. The number of rotatable bonds is 3. The van der Waals surface area contributed by atoms with Gasteiger partial charge in [-0.15, -0.1) is 4.36 Å². The Morgan fingerprint density at radius 3 is 2.65 bits per heavy atom. The van der Waals surface area contributed by atoms with Gasteiger partial charge >= 0.3 is 10.5 Å². The Labute approximate surface area is 98.6 Å². The second-order valence-corrected chi connectivity index (χ2v) is 3.55. The molecule has 0 bridgehead atoms. The summed E-state index contributed by atoms with van der Waals surface area (Å²) < 4.78 is 29.7. The maximum atomic E-state index is 10.5. The minimum absolute atomic E-state index is 0.0304. The van der Waals surface area contributed by atoms with Gasteiger partial charge in [-0.25, -0.2) is 9.97 Å². The highest BCUT2D eigenvalue weighted by atomic mass is 32.2. The van der Waals surface area contributed by atoms with E-state index in [9.17, 15) is 8.42 Å². The van der Waals surface area contributed by atoms with Crippen LogP contribution in [-0.2, 0) is 10.5 Å². The van der Waals surface area contributed by atoms with Crippen LogP contribution in [0.2, 0.25) is 0 Å². The van der Waals surface area contributed by atoms with Crippen LogP contribution < -0.4 is 4.74 Å². The molecule has 0 radical (unpaired) electrons. The molecule has 0 unspecified atom stereocenters. The first-order valence-corrected chi connectivity index (χ1v) is 5.63. The molecule has 6 nitrogen and oxygen atoms in total. The number of benzene rings is 1. The molecular weight excluding hydrogens is 242 g/mol. The lowest BCUT2D eigenvalue weighted by Gasteiger charge is -2.05. The highest BCUT2D eigenvalue weighted by Crippen LogP contribution is 2.28. The van der Waals surface area contributed by atoms with Gasteiger partial charge in [0.2, 0.25) is 5.82 Å². The molecule has 0 aliphatic rings. The topological polar surface area (TPSA) is 81.5 Å². The van der Waals surface area contributed by atoms with E-state index in [-0.39, 0.29) is 11.6 Å². The Balaban J connectivity index is 2.37. The summed E-state index contributed by atoms with van der Waals surface area (Å²) in [7, 11) is -2.58. The van der Waals surface area contributed by atoms with E-state index in [0.29, 0.717) is 5.75 Å². The molecule has 0 aliphatic carbocycles. The van der Waals surface area contributed by atoms with Crippen molar-refractivity contribution in [2.24, 2.45) is 4.36 Å². The van der Waals surface area contributed by atoms with Crippen molar-refractivity contribution in [3.8, 4) is 11.5 Å². The van der Waals surface area contributed by atoms with Gasteiger partial charge in [-0.2, -0.15) is 8.42 Å². The van der Waals surface area contributed by atoms with E-state index in [1.807, 2.05) is 6.07 Å². The van der Waals surface area contributed by atoms with E-state index in [4.69, 9.17) is 4.74 Å².